The van der Waals surface area contributed by atoms with Crippen molar-refractivity contribution in [3.05, 3.63) is 76.3 Å². The Labute approximate surface area is 200 Å². The van der Waals surface area contributed by atoms with Gasteiger partial charge in [-0.15, -0.1) is 16.9 Å². The first-order valence-electron chi connectivity index (χ1n) is 11.2. The number of hydrogen-bond acceptors (Lipinski definition) is 6. The largest absolute Gasteiger partial charge is 0.324 e. The number of H-pyrrole nitrogens is 1. The van der Waals surface area contributed by atoms with Crippen molar-refractivity contribution in [3.8, 4) is 0 Å². The Bertz CT molecular complexity index is 1340. The molecule has 10 heteroatoms. The Kier molecular flexibility index (Phi) is 6.31. The summed E-state index contributed by atoms with van der Waals surface area (Å²) in [6.07, 6.45) is 3.45. The third-order valence-electron chi connectivity index (χ3n) is 6.08. The number of likely N-dealkylation sites (tertiary alicyclic amines) is 1. The van der Waals surface area contributed by atoms with Crippen LogP contribution in [0.15, 0.2) is 64.3 Å². The van der Waals surface area contributed by atoms with Gasteiger partial charge >= 0.3 is 6.03 Å². The van der Waals surface area contributed by atoms with Crippen molar-refractivity contribution in [2.45, 2.75) is 30.2 Å². The third kappa shape index (κ3) is 4.67. The molecule has 0 aliphatic carbocycles. The summed E-state index contributed by atoms with van der Waals surface area (Å²) in [5.74, 6) is 0.684. The number of rotatable bonds is 5. The van der Waals surface area contributed by atoms with E-state index in [2.05, 4.69) is 20.6 Å². The highest BCUT2D eigenvalue weighted by atomic mass is 32.2. The number of fused-ring (bicyclic) bond motifs is 1. The van der Waals surface area contributed by atoms with Crippen molar-refractivity contribution in [1.29, 1.82) is 0 Å². The quantitative estimate of drug-likeness (QED) is 0.426. The van der Waals surface area contributed by atoms with Gasteiger partial charge in [-0.2, -0.15) is 0 Å². The van der Waals surface area contributed by atoms with Crippen LogP contribution in [0.4, 0.5) is 10.5 Å². The molecule has 0 unspecified atom stereocenters. The molecule has 2 amide bonds. The van der Waals surface area contributed by atoms with Crippen LogP contribution in [-0.2, 0) is 6.54 Å². The highest BCUT2D eigenvalue weighted by Crippen LogP contribution is 2.26. The van der Waals surface area contributed by atoms with Gasteiger partial charge in [0, 0.05) is 29.6 Å². The first-order chi connectivity index (χ1) is 16.6. The predicted molar refractivity (Wildman–Crippen MR) is 132 cm³/mol. The number of nitrogens with zero attached hydrogens (tertiary/aromatic N) is 5. The van der Waals surface area contributed by atoms with Gasteiger partial charge in [-0.05, 0) is 48.9 Å². The second kappa shape index (κ2) is 9.68. The van der Waals surface area contributed by atoms with Crippen LogP contribution in [0, 0.1) is 0 Å². The van der Waals surface area contributed by atoms with Gasteiger partial charge in [-0.1, -0.05) is 35.5 Å². The maximum absolute atomic E-state index is 12.7. The number of amides is 2. The van der Waals surface area contributed by atoms with E-state index in [9.17, 15) is 9.59 Å². The van der Waals surface area contributed by atoms with Crippen LogP contribution in [0.25, 0.3) is 11.2 Å². The summed E-state index contributed by atoms with van der Waals surface area (Å²) < 4.78 is 1.66. The molecule has 2 aromatic carbocycles. The molecule has 0 atom stereocenters. The van der Waals surface area contributed by atoms with Gasteiger partial charge in [0.05, 0.1) is 6.54 Å². The van der Waals surface area contributed by atoms with Crippen LogP contribution in [0.3, 0.4) is 0 Å². The number of carbonyl (C=O) groups is 1. The Morgan fingerprint density at radius 3 is 2.56 bits per heavy atom. The second-order valence-corrected chi connectivity index (χ2v) is 9.16. The topological polar surface area (TPSA) is 109 Å². The normalized spacial score (nSPS) is 14.4. The van der Waals surface area contributed by atoms with Gasteiger partial charge < -0.3 is 15.2 Å². The van der Waals surface area contributed by atoms with E-state index in [1.54, 1.807) is 21.3 Å². The molecule has 1 aliphatic heterocycles. The molecular formula is C24H25N7O2S. The van der Waals surface area contributed by atoms with Crippen molar-refractivity contribution in [2.75, 3.05) is 24.7 Å². The monoisotopic (exact) mass is 475 g/mol. The van der Waals surface area contributed by atoms with E-state index in [0.717, 1.165) is 16.1 Å². The lowest BCUT2D eigenvalue weighted by atomic mass is 9.96. The molecule has 0 bridgehead atoms. The van der Waals surface area contributed by atoms with E-state index < -0.39 is 0 Å². The molecular weight excluding hydrogens is 450 g/mol. The number of urea groups is 1. The molecule has 0 spiro atoms. The van der Waals surface area contributed by atoms with Gasteiger partial charge in [-0.25, -0.2) is 14.5 Å². The Morgan fingerprint density at radius 2 is 1.85 bits per heavy atom. The molecule has 2 aromatic heterocycles. The van der Waals surface area contributed by atoms with E-state index in [1.807, 2.05) is 60.9 Å². The number of nitrogens with one attached hydrogen (secondary N) is 2. The van der Waals surface area contributed by atoms with Crippen LogP contribution in [0.1, 0.15) is 30.1 Å². The molecule has 174 valence electrons. The van der Waals surface area contributed by atoms with Crippen molar-refractivity contribution in [3.63, 3.8) is 0 Å². The van der Waals surface area contributed by atoms with Crippen molar-refractivity contribution in [1.82, 2.24) is 29.9 Å². The Morgan fingerprint density at radius 1 is 1.12 bits per heavy atom. The SMILES string of the molecule is CSc1ccc(NC(=O)N2CCC(c3nc4c(nnn4Cc4ccccc4)c(=O)[nH]3)CC2)cc1. The molecule has 1 fully saturated rings. The van der Waals surface area contributed by atoms with Crippen LogP contribution < -0.4 is 10.9 Å². The molecule has 34 heavy (non-hydrogen) atoms. The summed E-state index contributed by atoms with van der Waals surface area (Å²) in [5.41, 5.74) is 2.27. The number of aromatic amines is 1. The van der Waals surface area contributed by atoms with Crippen molar-refractivity contribution < 1.29 is 4.79 Å². The van der Waals surface area contributed by atoms with Gasteiger partial charge in [0.1, 0.15) is 5.82 Å². The Balaban J connectivity index is 1.27. The number of thioether (sulfide) groups is 1. The van der Waals surface area contributed by atoms with E-state index in [1.165, 1.54) is 0 Å². The zero-order valence-electron chi connectivity index (χ0n) is 18.8. The smallest absolute Gasteiger partial charge is 0.321 e. The molecule has 5 rings (SSSR count). The minimum Gasteiger partial charge on any atom is -0.324 e. The van der Waals surface area contributed by atoms with E-state index in [-0.39, 0.29) is 23.0 Å². The van der Waals surface area contributed by atoms with Gasteiger partial charge in [0.2, 0.25) is 0 Å². The minimum absolute atomic E-state index is 0.0575. The average Bonchev–Trinajstić information content (AvgIpc) is 3.28. The van der Waals surface area contributed by atoms with E-state index in [4.69, 9.17) is 4.98 Å². The summed E-state index contributed by atoms with van der Waals surface area (Å²) in [4.78, 5) is 35.9. The lowest BCUT2D eigenvalue weighted by Crippen LogP contribution is -2.41. The van der Waals surface area contributed by atoms with E-state index >= 15 is 0 Å². The molecule has 1 saturated heterocycles. The van der Waals surface area contributed by atoms with Gasteiger partial charge in [-0.3, -0.25) is 4.79 Å². The number of anilines is 1. The van der Waals surface area contributed by atoms with Crippen molar-refractivity contribution >= 4 is 34.6 Å². The minimum atomic E-state index is -0.284. The fourth-order valence-electron chi connectivity index (χ4n) is 4.17. The standard InChI is InChI=1S/C24H25N7O2S/c1-34-19-9-7-18(8-10-19)25-24(33)30-13-11-17(12-14-30)21-26-22-20(23(32)27-21)28-29-31(22)15-16-5-3-2-4-6-16/h2-10,17H,11-15H2,1H3,(H,25,33)(H,26,27,32). The molecule has 3 heterocycles. The molecule has 1 aliphatic rings. The number of benzene rings is 2. The van der Waals surface area contributed by atoms with Crippen molar-refractivity contribution in [2.24, 2.45) is 0 Å². The molecule has 0 radical (unpaired) electrons. The fourth-order valence-corrected chi connectivity index (χ4v) is 4.58. The maximum Gasteiger partial charge on any atom is 0.321 e. The highest BCUT2D eigenvalue weighted by molar-refractivity contribution is 7.98. The van der Waals surface area contributed by atoms with Crippen LogP contribution in [0.2, 0.25) is 0 Å². The van der Waals surface area contributed by atoms with Gasteiger partial charge in [0.15, 0.2) is 11.2 Å². The van der Waals surface area contributed by atoms with Gasteiger partial charge in [0.25, 0.3) is 5.56 Å². The van der Waals surface area contributed by atoms with E-state index in [0.29, 0.717) is 43.9 Å². The summed E-state index contributed by atoms with van der Waals surface area (Å²) >= 11 is 1.66. The van der Waals surface area contributed by atoms with Crippen LogP contribution in [0.5, 0.6) is 0 Å². The maximum atomic E-state index is 12.7. The number of aromatic nitrogens is 5. The zero-order chi connectivity index (χ0) is 23.5. The summed E-state index contributed by atoms with van der Waals surface area (Å²) in [7, 11) is 0. The molecule has 2 N–H and O–H groups in total. The zero-order valence-corrected chi connectivity index (χ0v) is 19.6. The summed E-state index contributed by atoms with van der Waals surface area (Å²) in [5, 5.41) is 11.1. The lowest BCUT2D eigenvalue weighted by molar-refractivity contribution is 0.193. The molecule has 4 aromatic rings. The number of carbonyl (C=O) groups excluding carboxylic acids is 1. The Hall–Kier alpha value is -3.66. The number of hydrogen-bond donors (Lipinski definition) is 2. The van der Waals surface area contributed by atoms with Crippen LogP contribution in [-0.4, -0.2) is 55.2 Å². The molecule has 0 saturated carbocycles. The predicted octanol–water partition coefficient (Wildman–Crippen LogP) is 3.70. The second-order valence-electron chi connectivity index (χ2n) is 8.28. The summed E-state index contributed by atoms with van der Waals surface area (Å²) in [6.45, 7) is 1.66. The lowest BCUT2D eigenvalue weighted by Gasteiger charge is -2.31. The number of piperidine rings is 1. The first-order valence-corrected chi connectivity index (χ1v) is 12.4. The average molecular weight is 476 g/mol. The third-order valence-corrected chi connectivity index (χ3v) is 6.82. The fraction of sp³-hybridized carbons (Fsp3) is 0.292. The molecule has 9 nitrogen and oxygen atoms in total. The van der Waals surface area contributed by atoms with Crippen LogP contribution >= 0.6 is 11.8 Å². The summed E-state index contributed by atoms with van der Waals surface area (Å²) in [6, 6.07) is 17.6. The highest BCUT2D eigenvalue weighted by Gasteiger charge is 2.26. The first kappa shape index (κ1) is 22.1.